The van der Waals surface area contributed by atoms with E-state index in [0.717, 1.165) is 31.6 Å². The lowest BCUT2D eigenvalue weighted by atomic mass is 10.1. The molecule has 0 atom stereocenters. The summed E-state index contributed by atoms with van der Waals surface area (Å²) in [5, 5.41) is 3.18. The van der Waals surface area contributed by atoms with Gasteiger partial charge in [-0.25, -0.2) is 4.98 Å². The lowest BCUT2D eigenvalue weighted by molar-refractivity contribution is 0.0819. The van der Waals surface area contributed by atoms with Crippen LogP contribution in [0.25, 0.3) is 11.2 Å². The van der Waals surface area contributed by atoms with Crippen molar-refractivity contribution in [2.24, 2.45) is 0 Å². The van der Waals surface area contributed by atoms with Gasteiger partial charge in [0.2, 0.25) is 5.95 Å². The number of ether oxygens (including phenoxy) is 1. The summed E-state index contributed by atoms with van der Waals surface area (Å²) in [5.41, 5.74) is 9.23. The standard InChI is InChI=1S/C17H21N7O/c1-25-13-6-8-24(9-7-13)12-4-2-11(3-5-12)21-17-22-15(18)14-16(23-17)20-10-19-14/h2-5,10,13H,6-9H2,1H3,(H4,18,19,20,21,22,23). The SMILES string of the molecule is COC1CCN(c2ccc(Nc3nc(N)c4nc[nH]c4n3)cc2)CC1. The van der Waals surface area contributed by atoms with Gasteiger partial charge in [0.25, 0.3) is 0 Å². The van der Waals surface area contributed by atoms with Gasteiger partial charge in [-0.15, -0.1) is 0 Å². The Balaban J connectivity index is 1.46. The molecule has 4 N–H and O–H groups in total. The molecular weight excluding hydrogens is 318 g/mol. The highest BCUT2D eigenvalue weighted by Gasteiger charge is 2.18. The van der Waals surface area contributed by atoms with Gasteiger partial charge in [0.15, 0.2) is 11.5 Å². The number of aromatic nitrogens is 4. The third-order valence-corrected chi connectivity index (χ3v) is 4.57. The van der Waals surface area contributed by atoms with E-state index in [2.05, 4.69) is 42.3 Å². The molecule has 130 valence electrons. The third kappa shape index (κ3) is 3.20. The van der Waals surface area contributed by atoms with E-state index < -0.39 is 0 Å². The van der Waals surface area contributed by atoms with E-state index >= 15 is 0 Å². The minimum atomic E-state index is 0.353. The highest BCUT2D eigenvalue weighted by atomic mass is 16.5. The van der Waals surface area contributed by atoms with Crippen LogP contribution in [0.1, 0.15) is 12.8 Å². The van der Waals surface area contributed by atoms with Crippen LogP contribution in [0.4, 0.5) is 23.1 Å². The van der Waals surface area contributed by atoms with Crippen LogP contribution in [0.15, 0.2) is 30.6 Å². The monoisotopic (exact) mass is 339 g/mol. The molecule has 1 saturated heterocycles. The van der Waals surface area contributed by atoms with Crippen LogP contribution in [-0.2, 0) is 4.74 Å². The smallest absolute Gasteiger partial charge is 0.231 e. The number of piperidine rings is 1. The number of H-pyrrole nitrogens is 1. The maximum Gasteiger partial charge on any atom is 0.231 e. The fourth-order valence-corrected chi connectivity index (χ4v) is 3.15. The molecule has 0 radical (unpaired) electrons. The van der Waals surface area contributed by atoms with Gasteiger partial charge in [0, 0.05) is 31.6 Å². The van der Waals surface area contributed by atoms with E-state index in [1.54, 1.807) is 13.4 Å². The summed E-state index contributed by atoms with van der Waals surface area (Å²) in [6.45, 7) is 2.03. The summed E-state index contributed by atoms with van der Waals surface area (Å²) in [5.74, 6) is 0.800. The number of fused-ring (bicyclic) bond motifs is 1. The van der Waals surface area contributed by atoms with Crippen molar-refractivity contribution in [3.05, 3.63) is 30.6 Å². The van der Waals surface area contributed by atoms with Crippen molar-refractivity contribution >= 4 is 34.3 Å². The Morgan fingerprint density at radius 1 is 1.20 bits per heavy atom. The predicted octanol–water partition coefficient (Wildman–Crippen LogP) is 2.29. The van der Waals surface area contributed by atoms with Gasteiger partial charge in [0.1, 0.15) is 5.52 Å². The second kappa shape index (κ2) is 6.56. The van der Waals surface area contributed by atoms with Crippen molar-refractivity contribution in [2.45, 2.75) is 18.9 Å². The molecule has 8 nitrogen and oxygen atoms in total. The highest BCUT2D eigenvalue weighted by molar-refractivity contribution is 5.82. The Labute approximate surface area is 145 Å². The van der Waals surface area contributed by atoms with Crippen LogP contribution in [0.2, 0.25) is 0 Å². The average molecular weight is 339 g/mol. The highest BCUT2D eigenvalue weighted by Crippen LogP contribution is 2.24. The van der Waals surface area contributed by atoms with E-state index in [-0.39, 0.29) is 0 Å². The molecule has 0 saturated carbocycles. The molecule has 8 heteroatoms. The van der Waals surface area contributed by atoms with Gasteiger partial charge in [-0.05, 0) is 37.1 Å². The van der Waals surface area contributed by atoms with Gasteiger partial charge in [-0.3, -0.25) is 0 Å². The lowest BCUT2D eigenvalue weighted by Crippen LogP contribution is -2.36. The molecule has 1 aromatic carbocycles. The lowest BCUT2D eigenvalue weighted by Gasteiger charge is -2.33. The Hall–Kier alpha value is -2.87. The molecule has 25 heavy (non-hydrogen) atoms. The van der Waals surface area contributed by atoms with Crippen molar-refractivity contribution in [1.29, 1.82) is 0 Å². The second-order valence-corrected chi connectivity index (χ2v) is 6.13. The van der Waals surface area contributed by atoms with Gasteiger partial charge in [-0.2, -0.15) is 9.97 Å². The number of nitrogen functional groups attached to an aromatic ring is 1. The summed E-state index contributed by atoms with van der Waals surface area (Å²) >= 11 is 0. The summed E-state index contributed by atoms with van der Waals surface area (Å²) in [6, 6.07) is 8.25. The van der Waals surface area contributed by atoms with Crippen LogP contribution in [0.5, 0.6) is 0 Å². The molecule has 2 aromatic heterocycles. The number of imidazole rings is 1. The molecular formula is C17H21N7O. The van der Waals surface area contributed by atoms with E-state index in [1.165, 1.54) is 5.69 Å². The molecule has 0 spiro atoms. The number of hydrogen-bond donors (Lipinski definition) is 3. The van der Waals surface area contributed by atoms with Crippen molar-refractivity contribution in [3.63, 3.8) is 0 Å². The molecule has 0 bridgehead atoms. The number of nitrogens with zero attached hydrogens (tertiary/aromatic N) is 4. The van der Waals surface area contributed by atoms with Crippen molar-refractivity contribution in [2.75, 3.05) is 36.1 Å². The van der Waals surface area contributed by atoms with Crippen molar-refractivity contribution in [3.8, 4) is 0 Å². The second-order valence-electron chi connectivity index (χ2n) is 6.13. The molecule has 1 fully saturated rings. The topological polar surface area (TPSA) is 105 Å². The first kappa shape index (κ1) is 15.6. The quantitative estimate of drug-likeness (QED) is 0.670. The number of hydrogen-bond acceptors (Lipinski definition) is 7. The van der Waals surface area contributed by atoms with Crippen LogP contribution < -0.4 is 16.0 Å². The minimum absolute atomic E-state index is 0.353. The van der Waals surface area contributed by atoms with Gasteiger partial charge >= 0.3 is 0 Å². The molecule has 0 amide bonds. The number of methoxy groups -OCH3 is 1. The normalized spacial score (nSPS) is 15.6. The number of benzene rings is 1. The molecule has 0 unspecified atom stereocenters. The molecule has 0 aliphatic carbocycles. The van der Waals surface area contributed by atoms with Crippen molar-refractivity contribution in [1.82, 2.24) is 19.9 Å². The molecule has 3 heterocycles. The fraction of sp³-hybridized carbons (Fsp3) is 0.353. The average Bonchev–Trinajstić information content (AvgIpc) is 3.12. The van der Waals surface area contributed by atoms with Crippen LogP contribution in [-0.4, -0.2) is 46.2 Å². The Bertz CT molecular complexity index is 853. The van der Waals surface area contributed by atoms with E-state index in [9.17, 15) is 0 Å². The minimum Gasteiger partial charge on any atom is -0.382 e. The van der Waals surface area contributed by atoms with Crippen LogP contribution in [0, 0.1) is 0 Å². The summed E-state index contributed by atoms with van der Waals surface area (Å²) in [4.78, 5) is 18.0. The van der Waals surface area contributed by atoms with Gasteiger partial charge < -0.3 is 25.7 Å². The van der Waals surface area contributed by atoms with Gasteiger partial charge in [0.05, 0.1) is 12.4 Å². The summed E-state index contributed by atoms with van der Waals surface area (Å²) in [6.07, 6.45) is 4.07. The fourth-order valence-electron chi connectivity index (χ4n) is 3.15. The first-order valence-electron chi connectivity index (χ1n) is 8.34. The number of nitrogens with two attached hydrogens (primary N) is 1. The first-order chi connectivity index (χ1) is 12.2. The Morgan fingerprint density at radius 2 is 1.96 bits per heavy atom. The van der Waals surface area contributed by atoms with E-state index in [0.29, 0.717) is 29.0 Å². The zero-order valence-corrected chi connectivity index (χ0v) is 14.1. The number of rotatable bonds is 4. The maximum atomic E-state index is 5.91. The maximum absolute atomic E-state index is 5.91. The number of anilines is 4. The van der Waals surface area contributed by atoms with Crippen LogP contribution in [0.3, 0.4) is 0 Å². The van der Waals surface area contributed by atoms with E-state index in [4.69, 9.17) is 10.5 Å². The molecule has 4 rings (SSSR count). The largest absolute Gasteiger partial charge is 0.382 e. The molecule has 1 aliphatic heterocycles. The number of aromatic amines is 1. The Kier molecular flexibility index (Phi) is 4.10. The van der Waals surface area contributed by atoms with Gasteiger partial charge in [-0.1, -0.05) is 0 Å². The van der Waals surface area contributed by atoms with Crippen LogP contribution >= 0.6 is 0 Å². The number of nitrogens with one attached hydrogen (secondary N) is 2. The predicted molar refractivity (Wildman–Crippen MR) is 98.1 cm³/mol. The summed E-state index contributed by atoms with van der Waals surface area (Å²) in [7, 11) is 1.79. The first-order valence-corrected chi connectivity index (χ1v) is 8.34. The third-order valence-electron chi connectivity index (χ3n) is 4.57. The van der Waals surface area contributed by atoms with E-state index in [1.807, 2.05) is 12.1 Å². The molecule has 3 aromatic rings. The zero-order valence-electron chi connectivity index (χ0n) is 14.1. The summed E-state index contributed by atoms with van der Waals surface area (Å²) < 4.78 is 5.43. The molecule has 1 aliphatic rings. The zero-order chi connectivity index (χ0) is 17.2. The van der Waals surface area contributed by atoms with Crippen molar-refractivity contribution < 1.29 is 4.74 Å². The Morgan fingerprint density at radius 3 is 2.68 bits per heavy atom.